The molecular formula is C30H44O8. The van der Waals surface area contributed by atoms with Crippen LogP contribution in [0.5, 0.6) is 0 Å². The van der Waals surface area contributed by atoms with Gasteiger partial charge in [-0.3, -0.25) is 9.59 Å². The van der Waals surface area contributed by atoms with Crippen LogP contribution in [0.15, 0.2) is 12.2 Å². The number of fused-ring (bicyclic) bond motifs is 4. The third-order valence-electron chi connectivity index (χ3n) is 14.2. The second-order valence-corrected chi connectivity index (χ2v) is 15.1. The van der Waals surface area contributed by atoms with Gasteiger partial charge in [0.1, 0.15) is 0 Å². The van der Waals surface area contributed by atoms with Crippen LogP contribution in [0.1, 0.15) is 79.1 Å². The van der Waals surface area contributed by atoms with E-state index in [1.54, 1.807) is 6.92 Å². The number of hydrogen-bond acceptors (Lipinski definition) is 6. The largest absolute Gasteiger partial charge is 0.481 e. The third-order valence-corrected chi connectivity index (χ3v) is 14.2. The minimum atomic E-state index is -1.47. The van der Waals surface area contributed by atoms with Gasteiger partial charge in [0.25, 0.3) is 0 Å². The number of aliphatic hydroxyl groups is 4. The highest BCUT2D eigenvalue weighted by molar-refractivity contribution is 5.78. The minimum absolute atomic E-state index is 0.00466. The number of carboxylic acid groups (broad SMARTS) is 2. The number of allylic oxidation sites excluding steroid dienone is 2. The SMILES string of the molecule is C[C@@]1(CO)CC[C@]2(C(=O)O)[C@H](O)C[C@]34C[C@]3(C=C[C@@H]3[C@@]5(C)CC[C@@H](O)[C@](C)(C(=O)O)[C@@H]5CC[C@]34C)[C@@H]2[C@@H]1O. The first-order valence-electron chi connectivity index (χ1n) is 14.4. The summed E-state index contributed by atoms with van der Waals surface area (Å²) in [5, 5.41) is 65.5. The molecule has 212 valence electrons. The van der Waals surface area contributed by atoms with E-state index >= 15 is 0 Å². The molecule has 5 saturated carbocycles. The van der Waals surface area contributed by atoms with Crippen molar-refractivity contribution in [3.8, 4) is 0 Å². The molecule has 0 aliphatic heterocycles. The summed E-state index contributed by atoms with van der Waals surface area (Å²) in [6.07, 6.45) is 5.25. The van der Waals surface area contributed by atoms with Gasteiger partial charge in [-0.05, 0) is 86.4 Å². The lowest BCUT2D eigenvalue weighted by Gasteiger charge is -2.68. The summed E-state index contributed by atoms with van der Waals surface area (Å²) in [5.74, 6) is -2.97. The molecule has 0 aromatic heterocycles. The van der Waals surface area contributed by atoms with Gasteiger partial charge < -0.3 is 30.6 Å². The van der Waals surface area contributed by atoms with Crippen molar-refractivity contribution in [3.05, 3.63) is 12.2 Å². The Hall–Kier alpha value is -1.48. The summed E-state index contributed by atoms with van der Waals surface area (Å²) in [5.41, 5.74) is -5.28. The second kappa shape index (κ2) is 7.42. The van der Waals surface area contributed by atoms with Crippen molar-refractivity contribution >= 4 is 11.9 Å². The molecule has 5 fully saturated rings. The minimum Gasteiger partial charge on any atom is -0.481 e. The molecule has 0 bridgehead atoms. The molecule has 0 saturated heterocycles. The highest BCUT2D eigenvalue weighted by Crippen LogP contribution is 2.89. The van der Waals surface area contributed by atoms with Gasteiger partial charge in [0, 0.05) is 16.7 Å². The van der Waals surface area contributed by atoms with Crippen molar-refractivity contribution in [1.29, 1.82) is 0 Å². The zero-order valence-electron chi connectivity index (χ0n) is 23.0. The first-order valence-corrected chi connectivity index (χ1v) is 14.4. The maximum atomic E-state index is 12.9. The Morgan fingerprint density at radius 1 is 0.895 bits per heavy atom. The fourth-order valence-corrected chi connectivity index (χ4v) is 11.8. The molecule has 0 aromatic carbocycles. The van der Waals surface area contributed by atoms with Crippen molar-refractivity contribution in [1.82, 2.24) is 0 Å². The average molecular weight is 533 g/mol. The van der Waals surface area contributed by atoms with E-state index in [1.807, 2.05) is 6.92 Å². The zero-order chi connectivity index (χ0) is 27.9. The molecule has 13 atom stereocenters. The van der Waals surface area contributed by atoms with Gasteiger partial charge in [0.2, 0.25) is 0 Å². The van der Waals surface area contributed by atoms with Crippen LogP contribution in [-0.4, -0.2) is 67.5 Å². The first-order chi connectivity index (χ1) is 17.6. The fraction of sp³-hybridized carbons (Fsp3) is 0.867. The van der Waals surface area contributed by atoms with Crippen molar-refractivity contribution in [3.63, 3.8) is 0 Å². The number of carbonyl (C=O) groups is 2. The highest BCUT2D eigenvalue weighted by atomic mass is 16.4. The Kier molecular flexibility index (Phi) is 5.22. The lowest BCUT2D eigenvalue weighted by molar-refractivity contribution is -0.241. The van der Waals surface area contributed by atoms with Crippen molar-refractivity contribution < 1.29 is 40.2 Å². The second-order valence-electron chi connectivity index (χ2n) is 15.1. The van der Waals surface area contributed by atoms with Gasteiger partial charge in [-0.25, -0.2) is 0 Å². The van der Waals surface area contributed by atoms with Gasteiger partial charge in [0.05, 0.1) is 35.7 Å². The monoisotopic (exact) mass is 532 g/mol. The number of carboxylic acids is 2. The normalized spacial score (nSPS) is 60.4. The van der Waals surface area contributed by atoms with Crippen molar-refractivity contribution in [2.75, 3.05) is 6.61 Å². The van der Waals surface area contributed by atoms with Gasteiger partial charge in [-0.2, -0.15) is 0 Å². The van der Waals surface area contributed by atoms with E-state index in [1.165, 1.54) is 0 Å². The Morgan fingerprint density at radius 2 is 1.58 bits per heavy atom. The van der Waals surface area contributed by atoms with Gasteiger partial charge in [-0.15, -0.1) is 0 Å². The Labute approximate surface area is 224 Å². The molecule has 0 unspecified atom stereocenters. The number of rotatable bonds is 3. The lowest BCUT2D eigenvalue weighted by atomic mass is 9.36. The van der Waals surface area contributed by atoms with Crippen LogP contribution in [0.3, 0.4) is 0 Å². The van der Waals surface area contributed by atoms with Crippen LogP contribution >= 0.6 is 0 Å². The number of aliphatic hydroxyl groups excluding tert-OH is 4. The maximum absolute atomic E-state index is 12.9. The molecule has 6 rings (SSSR count). The molecule has 6 aliphatic carbocycles. The number of hydrogen-bond donors (Lipinski definition) is 6. The first kappa shape index (κ1) is 26.7. The van der Waals surface area contributed by atoms with E-state index in [0.29, 0.717) is 44.9 Å². The molecular weight excluding hydrogens is 488 g/mol. The standard InChI is InChI=1S/C30H44O8/c1-24(15-31)11-12-30(23(37)38)19(33)13-29-14-28(29,20(30)21(24)34)10-6-16-25(2)8-7-18(32)27(4,22(35)36)17(25)5-9-26(16,29)3/h6,10,16-21,31-34H,5,7-9,11-15H2,1-4H3,(H,35,36)(H,37,38)/t16-,17-,18-,19-,20+,21+,24+,25-,26-,27-,28-,29-,30+/m1/s1. The van der Waals surface area contributed by atoms with Gasteiger partial charge in [0.15, 0.2) is 0 Å². The molecule has 8 heteroatoms. The smallest absolute Gasteiger partial charge is 0.312 e. The van der Waals surface area contributed by atoms with Crippen LogP contribution in [0, 0.1) is 55.7 Å². The summed E-state index contributed by atoms with van der Waals surface area (Å²) in [6.45, 7) is 7.67. The molecule has 8 nitrogen and oxygen atoms in total. The average Bonchev–Trinajstić information content (AvgIpc) is 3.54. The quantitative estimate of drug-likeness (QED) is 0.303. The Balaban J connectivity index is 1.50. The van der Waals surface area contributed by atoms with E-state index in [9.17, 15) is 40.2 Å². The summed E-state index contributed by atoms with van der Waals surface area (Å²) >= 11 is 0. The van der Waals surface area contributed by atoms with Crippen LogP contribution in [-0.2, 0) is 9.59 Å². The summed E-state index contributed by atoms with van der Waals surface area (Å²) < 4.78 is 0. The predicted molar refractivity (Wildman–Crippen MR) is 137 cm³/mol. The van der Waals surface area contributed by atoms with Crippen LogP contribution < -0.4 is 0 Å². The molecule has 6 N–H and O–H groups in total. The highest BCUT2D eigenvalue weighted by Gasteiger charge is 2.87. The Bertz CT molecular complexity index is 1120. The van der Waals surface area contributed by atoms with Crippen LogP contribution in [0.25, 0.3) is 0 Å². The molecule has 0 spiro atoms. The van der Waals surface area contributed by atoms with E-state index in [2.05, 4.69) is 26.0 Å². The molecule has 0 aromatic rings. The zero-order valence-corrected chi connectivity index (χ0v) is 23.0. The molecule has 0 radical (unpaired) electrons. The molecule has 6 aliphatic rings. The van der Waals surface area contributed by atoms with Gasteiger partial charge >= 0.3 is 11.9 Å². The summed E-state index contributed by atoms with van der Waals surface area (Å²) in [7, 11) is 0. The Morgan fingerprint density at radius 3 is 2.18 bits per heavy atom. The predicted octanol–water partition coefficient (Wildman–Crippen LogP) is 2.82. The van der Waals surface area contributed by atoms with E-state index in [0.717, 1.165) is 0 Å². The van der Waals surface area contributed by atoms with Crippen molar-refractivity contribution in [2.45, 2.75) is 97.4 Å². The topological polar surface area (TPSA) is 156 Å². The van der Waals surface area contributed by atoms with Gasteiger partial charge in [-0.1, -0.05) is 32.9 Å². The van der Waals surface area contributed by atoms with E-state index in [4.69, 9.17) is 0 Å². The number of aliphatic carboxylic acids is 2. The van der Waals surface area contributed by atoms with Crippen LogP contribution in [0.2, 0.25) is 0 Å². The lowest BCUT2D eigenvalue weighted by Crippen LogP contribution is -2.69. The van der Waals surface area contributed by atoms with E-state index < -0.39 is 63.2 Å². The van der Waals surface area contributed by atoms with Crippen LogP contribution in [0.4, 0.5) is 0 Å². The maximum Gasteiger partial charge on any atom is 0.312 e. The molecule has 38 heavy (non-hydrogen) atoms. The summed E-state index contributed by atoms with van der Waals surface area (Å²) in [6, 6.07) is 0. The summed E-state index contributed by atoms with van der Waals surface area (Å²) in [4.78, 5) is 25.5. The molecule has 0 amide bonds. The fourth-order valence-electron chi connectivity index (χ4n) is 11.8. The third kappa shape index (κ3) is 2.54. The molecule has 0 heterocycles. The van der Waals surface area contributed by atoms with E-state index in [-0.39, 0.29) is 35.7 Å². The van der Waals surface area contributed by atoms with Crippen molar-refractivity contribution in [2.24, 2.45) is 55.7 Å².